The van der Waals surface area contributed by atoms with Crippen LogP contribution in [0.4, 0.5) is 0 Å². The zero-order chi connectivity index (χ0) is 76.6. The highest BCUT2D eigenvalue weighted by Gasteiger charge is 2.29. The van der Waals surface area contributed by atoms with E-state index in [1.165, 1.54) is 83.5 Å². The van der Waals surface area contributed by atoms with E-state index in [0.717, 1.165) is 186 Å². The van der Waals surface area contributed by atoms with Crippen molar-refractivity contribution in [1.82, 2.24) is 0 Å². The van der Waals surface area contributed by atoms with Gasteiger partial charge in [0.25, 0.3) is 0 Å². The molecule has 0 fully saturated rings. The summed E-state index contributed by atoms with van der Waals surface area (Å²) in [6.45, 7) is 2.42. The van der Waals surface area contributed by atoms with E-state index in [1.54, 1.807) is 0 Å². The first kappa shape index (κ1) is 100. The van der Waals surface area contributed by atoms with Gasteiger partial charge < -0.3 is 34.2 Å². The Balaban J connectivity index is 4.58. The van der Waals surface area contributed by atoms with E-state index in [9.17, 15) is 43.5 Å². The molecule has 0 saturated carbocycles. The van der Waals surface area contributed by atoms with E-state index in [2.05, 4.69) is 167 Å². The van der Waals surface area contributed by atoms with E-state index in [-0.39, 0.29) is 19.3 Å². The van der Waals surface area contributed by atoms with Crippen molar-refractivity contribution < 1.29 is 75.8 Å². The van der Waals surface area contributed by atoms with Crippen molar-refractivity contribution in [3.63, 3.8) is 0 Å². The minimum absolute atomic E-state index is 0.0868. The topological polar surface area (TPSA) is 231 Å². The fraction of sp³-hybridized carbons (Fsp3) is 0.690. The molecule has 0 amide bonds. The number of unbranched alkanes of at least 4 members (excludes halogenated alkanes) is 30. The van der Waals surface area contributed by atoms with E-state index < -0.39 is 91.5 Å². The lowest BCUT2D eigenvalue weighted by Crippen LogP contribution is -2.30. The number of phosphoric ester groups is 2. The molecule has 0 aliphatic heterocycles. The molecule has 18 heteroatoms. The molecule has 0 rings (SSSR count). The molecule has 0 radical (unpaired) electrons. The number of aliphatic hydroxyl groups is 2. The van der Waals surface area contributed by atoms with Gasteiger partial charge in [-0.1, -0.05) is 314 Å². The first-order chi connectivity index (χ1) is 51.2. The standard InChI is InChI=1S/C87H148O16P2/c1-4-7-10-13-16-19-22-25-28-31-33-35-37-38-39-40-41-42-44-46-47-50-52-55-58-61-64-67-70-73-85(90)97-76-82(88)77-99-104(93,94)100-78-83(89)79-101-105(95,96)102-81-84(103-87(92)75-72-69-66-63-60-57-54-49-30-27-24-21-18-15-12-9-6-3)80-98-86(91)74-71-68-65-62-59-56-53-51-48-45-43-36-34-32-29-26-23-20-17-14-11-8-5-2/h8-9,11-12,16-21,25-30,33-36,38-39,45,48,82-84,88-89H,4-7,10,13-15,22-24,31-32,37,40-44,46-47,49-81H2,1-3H3,(H,93,94)(H,95,96)/b11-8-,12-9-,19-16-,20-17-,21-18-,28-25-,29-26-,30-27-,35-33-,36-34-,39-38-,48-45-. The van der Waals surface area contributed by atoms with Gasteiger partial charge in [-0.2, -0.15) is 0 Å². The van der Waals surface area contributed by atoms with Crippen LogP contribution < -0.4 is 0 Å². The summed E-state index contributed by atoms with van der Waals surface area (Å²) in [7, 11) is -9.81. The maximum Gasteiger partial charge on any atom is 0.472 e. The van der Waals surface area contributed by atoms with Crippen LogP contribution in [0.2, 0.25) is 0 Å². The third-order valence-electron chi connectivity index (χ3n) is 17.0. The van der Waals surface area contributed by atoms with Crippen LogP contribution in [0.3, 0.4) is 0 Å². The Morgan fingerprint density at radius 2 is 0.505 bits per heavy atom. The van der Waals surface area contributed by atoms with Gasteiger partial charge >= 0.3 is 33.6 Å². The Hall–Kier alpha value is -4.57. The van der Waals surface area contributed by atoms with Crippen LogP contribution in [0.5, 0.6) is 0 Å². The molecule has 0 heterocycles. The molecule has 105 heavy (non-hydrogen) atoms. The van der Waals surface area contributed by atoms with Crippen LogP contribution in [0.15, 0.2) is 146 Å². The maximum atomic E-state index is 13.0. The second-order valence-electron chi connectivity index (χ2n) is 27.2. The number of rotatable bonds is 77. The molecule has 0 spiro atoms. The van der Waals surface area contributed by atoms with Gasteiger partial charge in [0, 0.05) is 19.3 Å². The zero-order valence-electron chi connectivity index (χ0n) is 65.9. The van der Waals surface area contributed by atoms with Crippen molar-refractivity contribution >= 4 is 33.6 Å². The minimum Gasteiger partial charge on any atom is -0.463 e. The average molecular weight is 1510 g/mol. The van der Waals surface area contributed by atoms with E-state index in [0.29, 0.717) is 19.3 Å². The van der Waals surface area contributed by atoms with Crippen LogP contribution >= 0.6 is 15.6 Å². The predicted octanol–water partition coefficient (Wildman–Crippen LogP) is 24.4. The molecule has 0 aromatic carbocycles. The molecule has 5 unspecified atom stereocenters. The van der Waals surface area contributed by atoms with Gasteiger partial charge in [-0.05, 0) is 141 Å². The van der Waals surface area contributed by atoms with Crippen LogP contribution in [0.1, 0.15) is 329 Å². The number of esters is 3. The third-order valence-corrected chi connectivity index (χ3v) is 18.9. The van der Waals surface area contributed by atoms with Crippen LogP contribution in [-0.4, -0.2) is 95.9 Å². The molecule has 0 bridgehead atoms. The number of carbonyl (C=O) groups is 3. The smallest absolute Gasteiger partial charge is 0.463 e. The maximum absolute atomic E-state index is 13.0. The fourth-order valence-electron chi connectivity index (χ4n) is 10.8. The highest BCUT2D eigenvalue weighted by atomic mass is 31.2. The Morgan fingerprint density at radius 3 is 0.800 bits per heavy atom. The van der Waals surface area contributed by atoms with E-state index in [4.69, 9.17) is 32.3 Å². The number of phosphoric acid groups is 2. The minimum atomic E-state index is -4.94. The first-order valence-electron chi connectivity index (χ1n) is 41.1. The van der Waals surface area contributed by atoms with Crippen molar-refractivity contribution in [2.75, 3.05) is 39.6 Å². The Morgan fingerprint density at radius 1 is 0.276 bits per heavy atom. The van der Waals surface area contributed by atoms with E-state index >= 15 is 0 Å². The summed E-state index contributed by atoms with van der Waals surface area (Å²) in [5.74, 6) is -1.60. The van der Waals surface area contributed by atoms with Crippen LogP contribution in [0.25, 0.3) is 0 Å². The average Bonchev–Trinajstić information content (AvgIpc) is 0.913. The van der Waals surface area contributed by atoms with Gasteiger partial charge in [-0.3, -0.25) is 32.5 Å². The van der Waals surface area contributed by atoms with Crippen LogP contribution in [0, 0.1) is 0 Å². The lowest BCUT2D eigenvalue weighted by Gasteiger charge is -2.21. The predicted molar refractivity (Wildman–Crippen MR) is 436 cm³/mol. The summed E-state index contributed by atoms with van der Waals surface area (Å²) in [4.78, 5) is 58.8. The second kappa shape index (κ2) is 79.0. The first-order valence-corrected chi connectivity index (χ1v) is 44.1. The van der Waals surface area contributed by atoms with Crippen molar-refractivity contribution in [2.24, 2.45) is 0 Å². The Labute approximate surface area is 638 Å². The normalized spacial score (nSPS) is 14.7. The number of aliphatic hydroxyl groups excluding tert-OH is 2. The summed E-state index contributed by atoms with van der Waals surface area (Å²) in [6.07, 6.45) is 97.4. The summed E-state index contributed by atoms with van der Waals surface area (Å²) in [6, 6.07) is 0. The van der Waals surface area contributed by atoms with Crippen molar-refractivity contribution in [3.8, 4) is 0 Å². The van der Waals surface area contributed by atoms with Crippen molar-refractivity contribution in [2.45, 2.75) is 347 Å². The van der Waals surface area contributed by atoms with Crippen molar-refractivity contribution in [1.29, 1.82) is 0 Å². The Bertz CT molecular complexity index is 2490. The van der Waals surface area contributed by atoms with Gasteiger partial charge in [-0.15, -0.1) is 0 Å². The Kier molecular flexibility index (Phi) is 75.6. The molecule has 5 atom stereocenters. The second-order valence-corrected chi connectivity index (χ2v) is 30.1. The number of carbonyl (C=O) groups excluding carboxylic acids is 3. The number of hydrogen-bond acceptors (Lipinski definition) is 14. The number of hydrogen-bond donors (Lipinski definition) is 4. The van der Waals surface area contributed by atoms with Gasteiger partial charge in [0.15, 0.2) is 6.10 Å². The molecule has 0 aromatic rings. The molecular weight excluding hydrogens is 1360 g/mol. The third kappa shape index (κ3) is 80.3. The summed E-state index contributed by atoms with van der Waals surface area (Å²) in [5, 5.41) is 20.7. The molecule has 602 valence electrons. The molecule has 16 nitrogen and oxygen atoms in total. The highest BCUT2D eigenvalue weighted by Crippen LogP contribution is 2.45. The molecule has 0 aliphatic rings. The lowest BCUT2D eigenvalue weighted by atomic mass is 10.0. The van der Waals surface area contributed by atoms with Crippen LogP contribution in [-0.2, 0) is 55.8 Å². The molecule has 0 aliphatic carbocycles. The molecule has 0 aromatic heterocycles. The molecular formula is C87H148O16P2. The van der Waals surface area contributed by atoms with Crippen molar-refractivity contribution in [3.05, 3.63) is 146 Å². The van der Waals surface area contributed by atoms with E-state index in [1.807, 2.05) is 0 Å². The van der Waals surface area contributed by atoms with Gasteiger partial charge in [-0.25, -0.2) is 9.13 Å². The fourth-order valence-corrected chi connectivity index (χ4v) is 12.4. The van der Waals surface area contributed by atoms with Gasteiger partial charge in [0.05, 0.1) is 26.4 Å². The zero-order valence-corrected chi connectivity index (χ0v) is 67.6. The summed E-state index contributed by atoms with van der Waals surface area (Å²) < 4.78 is 61.2. The monoisotopic (exact) mass is 1510 g/mol. The molecule has 0 saturated heterocycles. The number of ether oxygens (including phenoxy) is 3. The number of allylic oxidation sites excluding steroid dienone is 24. The molecule has 4 N–H and O–H groups in total. The van der Waals surface area contributed by atoms with Gasteiger partial charge in [0.2, 0.25) is 0 Å². The summed E-state index contributed by atoms with van der Waals surface area (Å²) in [5.41, 5.74) is 0. The quantitative estimate of drug-likeness (QED) is 0.0146. The van der Waals surface area contributed by atoms with Gasteiger partial charge in [0.1, 0.15) is 25.4 Å². The largest absolute Gasteiger partial charge is 0.472 e. The highest BCUT2D eigenvalue weighted by molar-refractivity contribution is 7.47. The summed E-state index contributed by atoms with van der Waals surface area (Å²) >= 11 is 0. The lowest BCUT2D eigenvalue weighted by molar-refractivity contribution is -0.161. The SMILES string of the molecule is CC/C=C\C/C=C\C/C=C\C/C=C\C/C=C\CCCCCCCCCC(=O)OCC(COP(=O)(O)OCC(O)COP(=O)(O)OCC(O)COC(=O)CCCCCCCCCCCCCCC/C=C\C/C=C\C/C=C\C/C=C\CCCCC)OC(=O)CCCCCCCCC/C=C\C/C=C\C/C=C\CC.